The molecule has 0 aliphatic heterocycles. The lowest BCUT2D eigenvalue weighted by molar-refractivity contribution is 0.0696. The van der Waals surface area contributed by atoms with Crippen LogP contribution in [-0.2, 0) is 13.1 Å². The van der Waals surface area contributed by atoms with Crippen molar-refractivity contribution < 1.29 is 14.7 Å². The summed E-state index contributed by atoms with van der Waals surface area (Å²) in [5.41, 5.74) is 8.47. The van der Waals surface area contributed by atoms with Gasteiger partial charge in [0.15, 0.2) is 5.82 Å². The SMILES string of the molecule is Nc1ccn(Cc2ccncc2)n1.O=C(Nc1ccn(Cc2ccncc2)n1)c1cccnc1.O=C(O)c1cccnc1. The summed E-state index contributed by atoms with van der Waals surface area (Å²) in [5.74, 6) is -0.104. The average Bonchev–Trinajstić information content (AvgIpc) is 3.67. The van der Waals surface area contributed by atoms with E-state index in [1.807, 2.05) is 36.7 Å². The number of carboxylic acid groups (broad SMARTS) is 1. The number of carbonyl (C=O) groups is 2. The lowest BCUT2D eigenvalue weighted by atomic mass is 10.3. The molecule has 13 heteroatoms. The summed E-state index contributed by atoms with van der Waals surface area (Å²) in [6.07, 6.45) is 16.7. The standard InChI is InChI=1S/C15H13N5O.C9H10N4.C6H5NO2/c21-15(13-2-1-6-17-10-13)18-14-5-9-20(19-14)11-12-3-7-16-8-4-12;10-9-3-6-13(12-9)7-8-1-4-11-5-2-8;8-6(9)5-2-1-3-7-4-5/h1-10H,11H2,(H,18,19,21);1-6H,7H2,(H2,10,12);1-4H,(H,8,9). The molecule has 0 saturated heterocycles. The number of hydrogen-bond donors (Lipinski definition) is 3. The fourth-order valence-corrected chi connectivity index (χ4v) is 3.51. The van der Waals surface area contributed by atoms with E-state index in [1.165, 1.54) is 24.7 Å². The molecule has 0 fully saturated rings. The number of aromatic carboxylic acids is 1. The fraction of sp³-hybridized carbons (Fsp3) is 0.0667. The molecule has 1 amide bonds. The van der Waals surface area contributed by atoms with Gasteiger partial charge in [-0.2, -0.15) is 10.2 Å². The third kappa shape index (κ3) is 10.0. The molecule has 6 aromatic rings. The molecule has 6 aromatic heterocycles. The number of hydrogen-bond acceptors (Lipinski definition) is 9. The number of rotatable bonds is 7. The number of carbonyl (C=O) groups excluding carboxylic acids is 1. The van der Waals surface area contributed by atoms with Crippen LogP contribution in [-0.4, -0.2) is 56.5 Å². The lowest BCUT2D eigenvalue weighted by Crippen LogP contribution is -2.13. The minimum absolute atomic E-state index is 0.220. The van der Waals surface area contributed by atoms with Crippen LogP contribution in [0, 0.1) is 0 Å². The highest BCUT2D eigenvalue weighted by Crippen LogP contribution is 2.08. The highest BCUT2D eigenvalue weighted by atomic mass is 16.4. The number of anilines is 2. The van der Waals surface area contributed by atoms with Gasteiger partial charge in [-0.25, -0.2) is 4.79 Å². The molecule has 0 saturated carbocycles. The second kappa shape index (κ2) is 15.5. The van der Waals surface area contributed by atoms with Crippen molar-refractivity contribution in [3.05, 3.63) is 145 Å². The van der Waals surface area contributed by atoms with Gasteiger partial charge < -0.3 is 16.2 Å². The Morgan fingerprint density at radius 3 is 1.67 bits per heavy atom. The second-order valence-corrected chi connectivity index (χ2v) is 8.79. The number of amides is 1. The minimum Gasteiger partial charge on any atom is -0.478 e. The lowest BCUT2D eigenvalue weighted by Gasteiger charge is -2.02. The van der Waals surface area contributed by atoms with Gasteiger partial charge in [0.25, 0.3) is 5.91 Å². The molecule has 43 heavy (non-hydrogen) atoms. The van der Waals surface area contributed by atoms with Crippen molar-refractivity contribution in [2.45, 2.75) is 13.1 Å². The maximum atomic E-state index is 12.0. The van der Waals surface area contributed by atoms with Gasteiger partial charge in [0.1, 0.15) is 5.82 Å². The Balaban J connectivity index is 0.000000163. The molecule has 6 heterocycles. The zero-order valence-electron chi connectivity index (χ0n) is 22.9. The number of nitrogen functional groups attached to an aromatic ring is 1. The zero-order valence-corrected chi connectivity index (χ0v) is 22.9. The Hall–Kier alpha value is -6.24. The van der Waals surface area contributed by atoms with Crippen molar-refractivity contribution >= 4 is 23.5 Å². The third-order valence-corrected chi connectivity index (χ3v) is 5.56. The molecule has 0 radical (unpaired) electrons. The van der Waals surface area contributed by atoms with Crippen molar-refractivity contribution in [2.24, 2.45) is 0 Å². The Morgan fingerprint density at radius 1 is 0.674 bits per heavy atom. The van der Waals surface area contributed by atoms with Crippen LogP contribution >= 0.6 is 0 Å². The van der Waals surface area contributed by atoms with Crippen LogP contribution in [0.2, 0.25) is 0 Å². The van der Waals surface area contributed by atoms with Gasteiger partial charge in [-0.15, -0.1) is 0 Å². The largest absolute Gasteiger partial charge is 0.478 e. The van der Waals surface area contributed by atoms with Gasteiger partial charge in [-0.3, -0.25) is 34.1 Å². The zero-order chi connectivity index (χ0) is 30.3. The molecule has 0 aliphatic rings. The molecule has 6 rings (SSSR count). The first-order chi connectivity index (χ1) is 21.0. The summed E-state index contributed by atoms with van der Waals surface area (Å²) < 4.78 is 3.55. The van der Waals surface area contributed by atoms with Crippen LogP contribution in [0.25, 0.3) is 0 Å². The van der Waals surface area contributed by atoms with E-state index >= 15 is 0 Å². The first-order valence-corrected chi connectivity index (χ1v) is 12.9. The van der Waals surface area contributed by atoms with Crippen LogP contribution < -0.4 is 11.1 Å². The summed E-state index contributed by atoms with van der Waals surface area (Å²) in [6, 6.07) is 17.8. The van der Waals surface area contributed by atoms with E-state index in [0.29, 0.717) is 23.7 Å². The van der Waals surface area contributed by atoms with Crippen LogP contribution in [0.15, 0.2) is 123 Å². The van der Waals surface area contributed by atoms with E-state index in [2.05, 4.69) is 35.5 Å². The van der Waals surface area contributed by atoms with E-state index in [0.717, 1.165) is 17.7 Å². The highest BCUT2D eigenvalue weighted by Gasteiger charge is 2.08. The molecule has 4 N–H and O–H groups in total. The number of nitrogens with two attached hydrogens (primary N) is 1. The van der Waals surface area contributed by atoms with E-state index in [1.54, 1.807) is 70.7 Å². The normalized spacial score (nSPS) is 9.95. The Kier molecular flexibility index (Phi) is 10.7. The van der Waals surface area contributed by atoms with E-state index in [-0.39, 0.29) is 11.5 Å². The monoisotopic (exact) mass is 576 g/mol. The topological polar surface area (TPSA) is 180 Å². The maximum absolute atomic E-state index is 12.0. The quantitative estimate of drug-likeness (QED) is 0.254. The molecule has 0 spiro atoms. The number of aromatic nitrogens is 8. The van der Waals surface area contributed by atoms with Gasteiger partial charge in [-0.05, 0) is 65.7 Å². The Bertz CT molecular complexity index is 1690. The number of pyridine rings is 4. The van der Waals surface area contributed by atoms with Crippen molar-refractivity contribution in [2.75, 3.05) is 11.1 Å². The van der Waals surface area contributed by atoms with Crippen LogP contribution in [0.3, 0.4) is 0 Å². The van der Waals surface area contributed by atoms with Gasteiger partial charge in [0.05, 0.1) is 24.2 Å². The second-order valence-electron chi connectivity index (χ2n) is 8.79. The summed E-state index contributed by atoms with van der Waals surface area (Å²) in [7, 11) is 0. The molecule has 216 valence electrons. The van der Waals surface area contributed by atoms with Crippen LogP contribution in [0.5, 0.6) is 0 Å². The van der Waals surface area contributed by atoms with Crippen LogP contribution in [0.1, 0.15) is 31.8 Å². The summed E-state index contributed by atoms with van der Waals surface area (Å²) in [6.45, 7) is 1.37. The molecule has 0 unspecified atom stereocenters. The van der Waals surface area contributed by atoms with Crippen molar-refractivity contribution in [3.8, 4) is 0 Å². The van der Waals surface area contributed by atoms with Crippen molar-refractivity contribution in [1.29, 1.82) is 0 Å². The third-order valence-electron chi connectivity index (χ3n) is 5.56. The summed E-state index contributed by atoms with van der Waals surface area (Å²) >= 11 is 0. The predicted octanol–water partition coefficient (Wildman–Crippen LogP) is 3.66. The van der Waals surface area contributed by atoms with Crippen LogP contribution in [0.4, 0.5) is 11.6 Å². The molecule has 0 aromatic carbocycles. The molecule has 0 bridgehead atoms. The van der Waals surface area contributed by atoms with Gasteiger partial charge >= 0.3 is 5.97 Å². The Labute approximate surface area is 246 Å². The first kappa shape index (κ1) is 29.7. The molecular formula is C30H28N10O3. The van der Waals surface area contributed by atoms with E-state index < -0.39 is 5.97 Å². The van der Waals surface area contributed by atoms with Gasteiger partial charge in [-0.1, -0.05) is 0 Å². The summed E-state index contributed by atoms with van der Waals surface area (Å²) in [4.78, 5) is 37.6. The first-order valence-electron chi connectivity index (χ1n) is 12.9. The number of nitrogens with zero attached hydrogens (tertiary/aromatic N) is 8. The van der Waals surface area contributed by atoms with E-state index in [4.69, 9.17) is 10.8 Å². The number of nitrogens with one attached hydrogen (secondary N) is 1. The maximum Gasteiger partial charge on any atom is 0.337 e. The fourth-order valence-electron chi connectivity index (χ4n) is 3.51. The van der Waals surface area contributed by atoms with E-state index in [9.17, 15) is 9.59 Å². The highest BCUT2D eigenvalue weighted by molar-refractivity contribution is 6.03. The Morgan fingerprint density at radius 2 is 1.21 bits per heavy atom. The van der Waals surface area contributed by atoms with Crippen molar-refractivity contribution in [1.82, 2.24) is 39.5 Å². The molecule has 0 aliphatic carbocycles. The smallest absolute Gasteiger partial charge is 0.337 e. The van der Waals surface area contributed by atoms with Crippen molar-refractivity contribution in [3.63, 3.8) is 0 Å². The average molecular weight is 577 g/mol. The van der Waals surface area contributed by atoms with Gasteiger partial charge in [0, 0.05) is 68.0 Å². The molecular weight excluding hydrogens is 548 g/mol. The molecule has 13 nitrogen and oxygen atoms in total. The summed E-state index contributed by atoms with van der Waals surface area (Å²) in [5, 5.41) is 19.5. The predicted molar refractivity (Wildman–Crippen MR) is 159 cm³/mol. The molecule has 0 atom stereocenters. The number of carboxylic acids is 1. The van der Waals surface area contributed by atoms with Gasteiger partial charge in [0.2, 0.25) is 0 Å². The minimum atomic E-state index is -0.942.